The molecule has 1 aromatic heterocycles. The molecule has 0 bridgehead atoms. The first-order valence-electron chi connectivity index (χ1n) is 10.6. The molecule has 6 nitrogen and oxygen atoms in total. The number of rotatable bonds is 9. The van der Waals surface area contributed by atoms with Crippen molar-refractivity contribution in [1.29, 1.82) is 0 Å². The van der Waals surface area contributed by atoms with Gasteiger partial charge in [0.15, 0.2) is 0 Å². The maximum absolute atomic E-state index is 12.6. The van der Waals surface area contributed by atoms with E-state index in [-0.39, 0.29) is 11.8 Å². The molecule has 1 N–H and O–H groups in total. The second-order valence-electron chi connectivity index (χ2n) is 7.88. The molecule has 2 amide bonds. The van der Waals surface area contributed by atoms with Crippen LogP contribution in [0.1, 0.15) is 48.2 Å². The maximum Gasteiger partial charge on any atom is 0.222 e. The average Bonchev–Trinajstić information content (AvgIpc) is 3.19. The van der Waals surface area contributed by atoms with Crippen molar-refractivity contribution in [2.24, 2.45) is 5.92 Å². The third kappa shape index (κ3) is 6.55. The normalized spacial score (nSPS) is 16.3. The Balaban J connectivity index is 1.38. The molecule has 0 aliphatic carbocycles. The van der Waals surface area contributed by atoms with Crippen molar-refractivity contribution in [3.8, 4) is 5.75 Å². The van der Waals surface area contributed by atoms with Crippen molar-refractivity contribution in [1.82, 2.24) is 15.2 Å². The summed E-state index contributed by atoms with van der Waals surface area (Å²) in [4.78, 5) is 32.3. The summed E-state index contributed by atoms with van der Waals surface area (Å²) in [7, 11) is 1.64. The molecule has 1 aromatic carbocycles. The fourth-order valence-corrected chi connectivity index (χ4v) is 4.66. The quantitative estimate of drug-likeness (QED) is 0.659. The van der Waals surface area contributed by atoms with Gasteiger partial charge >= 0.3 is 0 Å². The molecule has 3 rings (SSSR count). The van der Waals surface area contributed by atoms with E-state index in [1.807, 2.05) is 41.6 Å². The number of carbonyl (C=O) groups is 2. The van der Waals surface area contributed by atoms with Crippen LogP contribution in [-0.4, -0.2) is 41.9 Å². The van der Waals surface area contributed by atoms with Crippen molar-refractivity contribution in [2.45, 2.75) is 52.0 Å². The van der Waals surface area contributed by atoms with Gasteiger partial charge in [-0.2, -0.15) is 0 Å². The van der Waals surface area contributed by atoms with E-state index in [1.165, 1.54) is 4.88 Å². The molecule has 1 atom stereocenters. The van der Waals surface area contributed by atoms with Gasteiger partial charge < -0.3 is 15.0 Å². The molecule has 7 heteroatoms. The first kappa shape index (κ1) is 22.3. The molecule has 0 radical (unpaired) electrons. The van der Waals surface area contributed by atoms with Crippen molar-refractivity contribution < 1.29 is 14.3 Å². The fourth-order valence-electron chi connectivity index (χ4n) is 3.88. The molecule has 2 aromatic rings. The topological polar surface area (TPSA) is 71.5 Å². The average molecular weight is 430 g/mol. The lowest BCUT2D eigenvalue weighted by Crippen LogP contribution is -2.40. The number of aryl methyl sites for hydroxylation is 2. The number of nitrogens with zero attached hydrogens (tertiary/aromatic N) is 2. The van der Waals surface area contributed by atoms with Crippen LogP contribution in [-0.2, 0) is 22.6 Å². The Bertz CT molecular complexity index is 852. The summed E-state index contributed by atoms with van der Waals surface area (Å²) in [5.41, 5.74) is 3.89. The minimum Gasteiger partial charge on any atom is -0.497 e. The zero-order valence-corrected chi connectivity index (χ0v) is 18.7. The summed E-state index contributed by atoms with van der Waals surface area (Å²) in [5, 5.41) is 2.99. The zero-order valence-electron chi connectivity index (χ0n) is 17.9. The van der Waals surface area contributed by atoms with E-state index in [1.54, 1.807) is 18.4 Å². The van der Waals surface area contributed by atoms with Crippen LogP contribution in [0.4, 0.5) is 0 Å². The van der Waals surface area contributed by atoms with Gasteiger partial charge in [0.2, 0.25) is 11.8 Å². The second kappa shape index (κ2) is 11.1. The lowest BCUT2D eigenvalue weighted by molar-refractivity contribution is -0.133. The summed E-state index contributed by atoms with van der Waals surface area (Å²) in [6, 6.07) is 7.71. The van der Waals surface area contributed by atoms with Crippen LogP contribution < -0.4 is 10.1 Å². The number of thiazole rings is 1. The molecule has 1 fully saturated rings. The standard InChI is InChI=1S/C23H31N3O3S/c1-17-21(30-16-25-17)9-11-23(28)26-12-4-6-18(15-26)8-10-22(27)24-14-19-5-3-7-20(13-19)29-2/h3,5,7,13,16,18H,4,6,8-12,14-15H2,1-2H3,(H,24,27)/t18-/m1/s1. The first-order valence-corrected chi connectivity index (χ1v) is 11.5. The highest BCUT2D eigenvalue weighted by Crippen LogP contribution is 2.23. The number of amides is 2. The maximum atomic E-state index is 12.6. The number of hydrogen-bond donors (Lipinski definition) is 1. The second-order valence-corrected chi connectivity index (χ2v) is 8.82. The Hall–Kier alpha value is -2.41. The SMILES string of the molecule is COc1cccc(CNC(=O)CC[C@H]2CCCN(C(=O)CCc3scnc3C)C2)c1. The van der Waals surface area contributed by atoms with Gasteiger partial charge in [-0.15, -0.1) is 11.3 Å². The molecule has 1 aliphatic rings. The van der Waals surface area contributed by atoms with E-state index in [2.05, 4.69) is 10.3 Å². The predicted octanol–water partition coefficient (Wildman–Crippen LogP) is 3.73. The van der Waals surface area contributed by atoms with Gasteiger partial charge in [-0.05, 0) is 56.2 Å². The molecule has 2 heterocycles. The van der Waals surface area contributed by atoms with Crippen molar-refractivity contribution in [3.05, 3.63) is 45.9 Å². The van der Waals surface area contributed by atoms with E-state index in [4.69, 9.17) is 4.74 Å². The Kier molecular flexibility index (Phi) is 8.25. The van der Waals surface area contributed by atoms with E-state index in [0.717, 1.165) is 55.8 Å². The minimum atomic E-state index is 0.0574. The smallest absolute Gasteiger partial charge is 0.222 e. The highest BCUT2D eigenvalue weighted by molar-refractivity contribution is 7.09. The van der Waals surface area contributed by atoms with Gasteiger partial charge in [-0.25, -0.2) is 4.98 Å². The van der Waals surface area contributed by atoms with Crippen LogP contribution in [0, 0.1) is 12.8 Å². The lowest BCUT2D eigenvalue weighted by atomic mass is 9.93. The zero-order chi connectivity index (χ0) is 21.3. The van der Waals surface area contributed by atoms with Crippen LogP contribution in [0.5, 0.6) is 5.75 Å². The van der Waals surface area contributed by atoms with Crippen LogP contribution in [0.15, 0.2) is 29.8 Å². The number of piperidine rings is 1. The Morgan fingerprint density at radius 2 is 2.20 bits per heavy atom. The van der Waals surface area contributed by atoms with Gasteiger partial charge in [-0.1, -0.05) is 12.1 Å². The van der Waals surface area contributed by atoms with Crippen LogP contribution in [0.2, 0.25) is 0 Å². The van der Waals surface area contributed by atoms with Crippen molar-refractivity contribution >= 4 is 23.2 Å². The van der Waals surface area contributed by atoms with Gasteiger partial charge in [0.05, 0.1) is 18.3 Å². The van der Waals surface area contributed by atoms with Crippen LogP contribution in [0.3, 0.4) is 0 Å². The molecule has 0 spiro atoms. The van der Waals surface area contributed by atoms with Crippen LogP contribution >= 0.6 is 11.3 Å². The van der Waals surface area contributed by atoms with E-state index >= 15 is 0 Å². The molecule has 0 saturated carbocycles. The Morgan fingerprint density at radius 3 is 2.97 bits per heavy atom. The first-order chi connectivity index (χ1) is 14.5. The number of likely N-dealkylation sites (tertiary alicyclic amines) is 1. The highest BCUT2D eigenvalue weighted by Gasteiger charge is 2.24. The number of nitrogens with one attached hydrogen (secondary N) is 1. The van der Waals surface area contributed by atoms with Gasteiger partial charge in [0.25, 0.3) is 0 Å². The third-order valence-electron chi connectivity index (χ3n) is 5.69. The summed E-state index contributed by atoms with van der Waals surface area (Å²) in [6.45, 7) is 4.09. The lowest BCUT2D eigenvalue weighted by Gasteiger charge is -2.33. The summed E-state index contributed by atoms with van der Waals surface area (Å²) >= 11 is 1.62. The minimum absolute atomic E-state index is 0.0574. The predicted molar refractivity (Wildman–Crippen MR) is 119 cm³/mol. The fraction of sp³-hybridized carbons (Fsp3) is 0.522. The van der Waals surface area contributed by atoms with Gasteiger partial charge in [0.1, 0.15) is 5.75 Å². The number of benzene rings is 1. The van der Waals surface area contributed by atoms with E-state index < -0.39 is 0 Å². The molecule has 1 aliphatic heterocycles. The van der Waals surface area contributed by atoms with E-state index in [9.17, 15) is 9.59 Å². The molecule has 30 heavy (non-hydrogen) atoms. The largest absolute Gasteiger partial charge is 0.497 e. The molecule has 0 unspecified atom stereocenters. The number of ether oxygens (including phenoxy) is 1. The van der Waals surface area contributed by atoms with E-state index in [0.29, 0.717) is 25.3 Å². The number of hydrogen-bond acceptors (Lipinski definition) is 5. The number of carbonyl (C=O) groups excluding carboxylic acids is 2. The van der Waals surface area contributed by atoms with Crippen molar-refractivity contribution in [2.75, 3.05) is 20.2 Å². The molecular formula is C23H31N3O3S. The van der Waals surface area contributed by atoms with Crippen LogP contribution in [0.25, 0.3) is 0 Å². The summed E-state index contributed by atoms with van der Waals surface area (Å²) in [5.74, 6) is 1.46. The molecular weight excluding hydrogens is 398 g/mol. The molecule has 1 saturated heterocycles. The number of aromatic nitrogens is 1. The Labute approximate surface area is 182 Å². The van der Waals surface area contributed by atoms with Crippen molar-refractivity contribution in [3.63, 3.8) is 0 Å². The Morgan fingerprint density at radius 1 is 1.33 bits per heavy atom. The third-order valence-corrected chi connectivity index (χ3v) is 6.68. The monoisotopic (exact) mass is 429 g/mol. The van der Waals surface area contributed by atoms with Gasteiger partial charge in [0, 0.05) is 37.4 Å². The highest BCUT2D eigenvalue weighted by atomic mass is 32.1. The summed E-state index contributed by atoms with van der Waals surface area (Å²) < 4.78 is 5.21. The number of methoxy groups -OCH3 is 1. The molecule has 162 valence electrons. The summed E-state index contributed by atoms with van der Waals surface area (Å²) in [6.07, 6.45) is 4.72. The van der Waals surface area contributed by atoms with Gasteiger partial charge in [-0.3, -0.25) is 9.59 Å².